The zero-order chi connectivity index (χ0) is 36.9. The van der Waals surface area contributed by atoms with Gasteiger partial charge in [0.1, 0.15) is 29.0 Å². The van der Waals surface area contributed by atoms with Crippen LogP contribution in [0.25, 0.3) is 16.7 Å². The molecule has 14 heteroatoms. The minimum Gasteiger partial charge on any atom is -0.496 e. The molecular formula is C36H34F7NO6. The Bertz CT molecular complexity index is 1830. The van der Waals surface area contributed by atoms with Crippen LogP contribution in [-0.4, -0.2) is 48.9 Å². The van der Waals surface area contributed by atoms with Crippen LogP contribution < -0.4 is 9.47 Å². The van der Waals surface area contributed by atoms with E-state index >= 15 is 4.39 Å². The topological polar surface area (TPSA) is 85.3 Å². The van der Waals surface area contributed by atoms with Crippen molar-refractivity contribution in [3.05, 3.63) is 87.7 Å². The van der Waals surface area contributed by atoms with Gasteiger partial charge in [-0.05, 0) is 90.3 Å². The van der Waals surface area contributed by atoms with Crippen molar-refractivity contribution < 1.29 is 59.6 Å². The first-order valence-electron chi connectivity index (χ1n) is 15.5. The average Bonchev–Trinajstić information content (AvgIpc) is 3.31. The van der Waals surface area contributed by atoms with E-state index in [1.807, 2.05) is 13.8 Å². The number of rotatable bonds is 8. The Morgan fingerprint density at radius 2 is 1.56 bits per heavy atom. The minimum absolute atomic E-state index is 0.0187. The largest absolute Gasteiger partial charge is 0.496 e. The van der Waals surface area contributed by atoms with Gasteiger partial charge in [-0.2, -0.15) is 26.3 Å². The first kappa shape index (κ1) is 36.5. The fourth-order valence-corrected chi connectivity index (χ4v) is 6.61. The lowest BCUT2D eigenvalue weighted by molar-refractivity contribution is -0.143. The van der Waals surface area contributed by atoms with Crippen molar-refractivity contribution in [3.63, 3.8) is 0 Å². The number of carbonyl (C=O) groups excluding carboxylic acids is 1. The van der Waals surface area contributed by atoms with Crippen LogP contribution >= 0.6 is 0 Å². The summed E-state index contributed by atoms with van der Waals surface area (Å²) >= 11 is 0. The number of cyclic esters (lactones) is 1. The number of aromatic carboxylic acids is 1. The maximum atomic E-state index is 15.6. The van der Waals surface area contributed by atoms with Crippen LogP contribution in [0, 0.1) is 11.2 Å². The van der Waals surface area contributed by atoms with E-state index in [9.17, 15) is 41.0 Å². The van der Waals surface area contributed by atoms with E-state index in [2.05, 4.69) is 0 Å². The van der Waals surface area contributed by atoms with E-state index < -0.39 is 59.1 Å². The zero-order valence-corrected chi connectivity index (χ0v) is 27.7. The van der Waals surface area contributed by atoms with E-state index in [0.29, 0.717) is 42.5 Å². The number of carbonyl (C=O) groups is 2. The first-order chi connectivity index (χ1) is 23.2. The summed E-state index contributed by atoms with van der Waals surface area (Å²) < 4.78 is 113. The van der Waals surface area contributed by atoms with Gasteiger partial charge >= 0.3 is 24.4 Å². The summed E-state index contributed by atoms with van der Waals surface area (Å²) in [4.78, 5) is 26.1. The standard InChI is InChI=1S/C36H34F7NO6/c1-18-31(20-10-22(35(38,39)40)13-23(11-20)36(41,42)43)50-33(47)44(18)17-21-16-34(2,3)9-8-24(21)27-14-26(28(37)15-30(27)49-5)19-6-7-25(32(45)46)29(12-19)48-4/h6-7,10-15,18,31H,8-9,16-17H2,1-5H3,(H,45,46)/t18-,31-/m0/s1. The van der Waals surface area contributed by atoms with Gasteiger partial charge in [0.05, 0.1) is 31.4 Å². The van der Waals surface area contributed by atoms with Gasteiger partial charge in [-0.3, -0.25) is 4.90 Å². The highest BCUT2D eigenvalue weighted by molar-refractivity contribution is 5.92. The monoisotopic (exact) mass is 709 g/mol. The number of carboxylic acid groups (broad SMARTS) is 1. The lowest BCUT2D eigenvalue weighted by Crippen LogP contribution is -2.35. The van der Waals surface area contributed by atoms with Gasteiger partial charge in [-0.1, -0.05) is 19.9 Å². The van der Waals surface area contributed by atoms with E-state index in [1.54, 1.807) is 6.07 Å². The molecule has 1 aliphatic heterocycles. The summed E-state index contributed by atoms with van der Waals surface area (Å²) in [5.74, 6) is -1.68. The van der Waals surface area contributed by atoms with E-state index in [-0.39, 0.29) is 40.7 Å². The fourth-order valence-electron chi connectivity index (χ4n) is 6.61. The number of methoxy groups -OCH3 is 2. The molecule has 3 aromatic carbocycles. The summed E-state index contributed by atoms with van der Waals surface area (Å²) in [6.07, 6.45) is -10.9. The molecule has 2 aliphatic rings. The van der Waals surface area contributed by atoms with E-state index in [4.69, 9.17) is 14.2 Å². The number of carboxylic acids is 1. The van der Waals surface area contributed by atoms with Crippen molar-refractivity contribution in [2.24, 2.45) is 5.41 Å². The molecule has 0 radical (unpaired) electrons. The molecular weight excluding hydrogens is 675 g/mol. The Labute approximate surface area is 283 Å². The molecule has 3 aromatic rings. The normalized spacial score (nSPS) is 19.4. The second-order valence-electron chi connectivity index (χ2n) is 13.2. The predicted octanol–water partition coefficient (Wildman–Crippen LogP) is 9.79. The van der Waals surface area contributed by atoms with Crippen molar-refractivity contribution in [2.45, 2.75) is 64.5 Å². The molecule has 1 aliphatic carbocycles. The number of halogens is 7. The predicted molar refractivity (Wildman–Crippen MR) is 168 cm³/mol. The average molecular weight is 710 g/mol. The highest BCUT2D eigenvalue weighted by atomic mass is 19.4. The zero-order valence-electron chi connectivity index (χ0n) is 27.7. The molecule has 1 N–H and O–H groups in total. The Hall–Kier alpha value is -4.75. The summed E-state index contributed by atoms with van der Waals surface area (Å²) in [5.41, 5.74) is -1.47. The third kappa shape index (κ3) is 7.24. The number of ether oxygens (including phenoxy) is 3. The number of allylic oxidation sites excluding steroid dienone is 1. The fraction of sp³-hybridized carbons (Fsp3) is 0.389. The van der Waals surface area contributed by atoms with Gasteiger partial charge in [0.15, 0.2) is 0 Å². The smallest absolute Gasteiger partial charge is 0.416 e. The van der Waals surface area contributed by atoms with Gasteiger partial charge in [0, 0.05) is 23.7 Å². The van der Waals surface area contributed by atoms with Gasteiger partial charge in [-0.25, -0.2) is 14.0 Å². The quantitative estimate of drug-likeness (QED) is 0.235. The molecule has 50 heavy (non-hydrogen) atoms. The van der Waals surface area contributed by atoms with Crippen LogP contribution in [0.4, 0.5) is 35.5 Å². The van der Waals surface area contributed by atoms with Crippen molar-refractivity contribution in [1.29, 1.82) is 0 Å². The molecule has 1 saturated heterocycles. The Balaban J connectivity index is 1.58. The van der Waals surface area contributed by atoms with Gasteiger partial charge in [0.2, 0.25) is 0 Å². The molecule has 0 spiro atoms. The van der Waals surface area contributed by atoms with Crippen LogP contribution in [0.3, 0.4) is 0 Å². The number of amides is 1. The van der Waals surface area contributed by atoms with Crippen LogP contribution in [0.5, 0.6) is 11.5 Å². The Morgan fingerprint density at radius 3 is 2.12 bits per heavy atom. The van der Waals surface area contributed by atoms with Crippen molar-refractivity contribution in [2.75, 3.05) is 20.8 Å². The lowest BCUT2D eigenvalue weighted by Gasteiger charge is -2.36. The van der Waals surface area contributed by atoms with Gasteiger partial charge in [0.25, 0.3) is 0 Å². The molecule has 5 rings (SSSR count). The number of nitrogens with zero attached hydrogens (tertiary/aromatic N) is 1. The summed E-state index contributed by atoms with van der Waals surface area (Å²) in [6.45, 7) is 5.45. The van der Waals surface area contributed by atoms with Crippen LogP contribution in [0.1, 0.15) is 78.7 Å². The lowest BCUT2D eigenvalue weighted by atomic mass is 9.72. The number of benzene rings is 3. The Kier molecular flexibility index (Phi) is 9.63. The third-order valence-electron chi connectivity index (χ3n) is 9.22. The van der Waals surface area contributed by atoms with Crippen LogP contribution in [-0.2, 0) is 17.1 Å². The second-order valence-corrected chi connectivity index (χ2v) is 13.2. The Morgan fingerprint density at radius 1 is 0.940 bits per heavy atom. The molecule has 0 aromatic heterocycles. The molecule has 0 bridgehead atoms. The first-order valence-corrected chi connectivity index (χ1v) is 15.5. The highest BCUT2D eigenvalue weighted by Crippen LogP contribution is 2.48. The maximum absolute atomic E-state index is 15.6. The summed E-state index contributed by atoms with van der Waals surface area (Å²) in [7, 11) is 2.66. The molecule has 7 nitrogen and oxygen atoms in total. The van der Waals surface area contributed by atoms with Crippen LogP contribution in [0.2, 0.25) is 0 Å². The molecule has 2 atom stereocenters. The van der Waals surface area contributed by atoms with Crippen molar-refractivity contribution in [3.8, 4) is 22.6 Å². The summed E-state index contributed by atoms with van der Waals surface area (Å²) in [6, 6.07) is 7.08. The molecule has 0 unspecified atom stereocenters. The number of alkyl halides is 6. The van der Waals surface area contributed by atoms with E-state index in [0.717, 1.165) is 11.1 Å². The maximum Gasteiger partial charge on any atom is 0.416 e. The molecule has 0 saturated carbocycles. The highest BCUT2D eigenvalue weighted by Gasteiger charge is 2.44. The SMILES string of the molecule is COc1cc(-c2cc(C3=C(CN4C(=O)O[C@H](c5cc(C(F)(F)F)cc(C(F)(F)F)c5)[C@@H]4C)CC(C)(C)CC3)c(OC)cc2F)ccc1C(=O)O. The molecule has 1 fully saturated rings. The summed E-state index contributed by atoms with van der Waals surface area (Å²) in [5, 5.41) is 9.49. The van der Waals surface area contributed by atoms with Crippen LogP contribution in [0.15, 0.2) is 54.1 Å². The molecule has 1 heterocycles. The number of hydrogen-bond donors (Lipinski definition) is 1. The van der Waals surface area contributed by atoms with Gasteiger partial charge < -0.3 is 19.3 Å². The van der Waals surface area contributed by atoms with Crippen molar-refractivity contribution >= 4 is 17.6 Å². The third-order valence-corrected chi connectivity index (χ3v) is 9.22. The molecule has 268 valence electrons. The number of hydrogen-bond acceptors (Lipinski definition) is 5. The minimum atomic E-state index is -5.08. The molecule has 1 amide bonds. The van der Waals surface area contributed by atoms with Gasteiger partial charge in [-0.15, -0.1) is 0 Å². The second kappa shape index (κ2) is 13.2. The van der Waals surface area contributed by atoms with E-state index in [1.165, 1.54) is 50.3 Å². The van der Waals surface area contributed by atoms with Crippen molar-refractivity contribution in [1.82, 2.24) is 4.90 Å².